The summed E-state index contributed by atoms with van der Waals surface area (Å²) in [7, 11) is 1.53. The van der Waals surface area contributed by atoms with Crippen molar-refractivity contribution in [2.24, 2.45) is 0 Å². The number of hydrogen-bond acceptors (Lipinski definition) is 4. The average Bonchev–Trinajstić information content (AvgIpc) is 2.68. The summed E-state index contributed by atoms with van der Waals surface area (Å²) in [6, 6.07) is 13.7. The van der Waals surface area contributed by atoms with Gasteiger partial charge in [-0.2, -0.15) is 0 Å². The number of nitrogen functional groups attached to an aromatic ring is 1. The molecular weight excluding hydrogens is 421 g/mol. The SMILES string of the molecule is COc1cc(N)c(Cl)cc1C(=O)N1CCN(CCc2ccccc2)CC1.Cl.Cl. The molecule has 0 aliphatic carbocycles. The van der Waals surface area contributed by atoms with Gasteiger partial charge in [-0.3, -0.25) is 9.69 Å². The molecule has 3 rings (SSSR count). The van der Waals surface area contributed by atoms with Crippen LogP contribution >= 0.6 is 36.4 Å². The number of carbonyl (C=O) groups excluding carboxylic acids is 1. The van der Waals surface area contributed by atoms with Gasteiger partial charge in [0.1, 0.15) is 5.75 Å². The maximum absolute atomic E-state index is 12.9. The third-order valence-electron chi connectivity index (χ3n) is 4.77. The number of halogens is 3. The number of methoxy groups -OCH3 is 1. The molecule has 2 aromatic rings. The average molecular weight is 447 g/mol. The lowest BCUT2D eigenvalue weighted by molar-refractivity contribution is 0.0635. The van der Waals surface area contributed by atoms with Crippen molar-refractivity contribution in [1.29, 1.82) is 0 Å². The van der Waals surface area contributed by atoms with E-state index in [0.29, 0.717) is 35.1 Å². The van der Waals surface area contributed by atoms with Crippen molar-refractivity contribution in [3.63, 3.8) is 0 Å². The van der Waals surface area contributed by atoms with Gasteiger partial charge in [0.15, 0.2) is 0 Å². The van der Waals surface area contributed by atoms with Crippen LogP contribution in [-0.4, -0.2) is 55.5 Å². The van der Waals surface area contributed by atoms with E-state index in [4.69, 9.17) is 22.1 Å². The van der Waals surface area contributed by atoms with Crippen LogP contribution < -0.4 is 10.5 Å². The van der Waals surface area contributed by atoms with E-state index in [2.05, 4.69) is 29.2 Å². The van der Waals surface area contributed by atoms with Crippen LogP contribution in [-0.2, 0) is 6.42 Å². The molecule has 1 heterocycles. The lowest BCUT2D eigenvalue weighted by Gasteiger charge is -2.35. The first-order valence-corrected chi connectivity index (χ1v) is 9.15. The Morgan fingerprint density at radius 1 is 1.11 bits per heavy atom. The molecule has 0 unspecified atom stereocenters. The number of hydrogen-bond donors (Lipinski definition) is 1. The van der Waals surface area contributed by atoms with Crippen LogP contribution in [0.25, 0.3) is 0 Å². The number of ether oxygens (including phenoxy) is 1. The zero-order valence-electron chi connectivity index (χ0n) is 15.8. The Morgan fingerprint density at radius 2 is 1.75 bits per heavy atom. The third kappa shape index (κ3) is 5.92. The molecule has 0 bridgehead atoms. The van der Waals surface area contributed by atoms with E-state index in [1.807, 2.05) is 11.0 Å². The minimum absolute atomic E-state index is 0. The van der Waals surface area contributed by atoms with E-state index >= 15 is 0 Å². The van der Waals surface area contributed by atoms with Crippen molar-refractivity contribution in [3.05, 3.63) is 58.6 Å². The van der Waals surface area contributed by atoms with Gasteiger partial charge >= 0.3 is 0 Å². The summed E-state index contributed by atoms with van der Waals surface area (Å²) in [4.78, 5) is 17.1. The molecule has 8 heteroatoms. The number of amides is 1. The molecule has 0 spiro atoms. The molecule has 2 N–H and O–H groups in total. The summed E-state index contributed by atoms with van der Waals surface area (Å²) in [5.41, 5.74) is 8.01. The first-order chi connectivity index (χ1) is 12.6. The summed E-state index contributed by atoms with van der Waals surface area (Å²) >= 11 is 6.09. The number of nitrogens with zero attached hydrogens (tertiary/aromatic N) is 2. The summed E-state index contributed by atoms with van der Waals surface area (Å²) < 4.78 is 5.31. The van der Waals surface area contributed by atoms with E-state index in [0.717, 1.165) is 26.1 Å². The number of carbonyl (C=O) groups is 1. The van der Waals surface area contributed by atoms with E-state index in [1.165, 1.54) is 12.7 Å². The predicted molar refractivity (Wildman–Crippen MR) is 119 cm³/mol. The smallest absolute Gasteiger partial charge is 0.257 e. The number of nitrogens with two attached hydrogens (primary N) is 1. The van der Waals surface area contributed by atoms with Gasteiger partial charge in [-0.25, -0.2) is 0 Å². The van der Waals surface area contributed by atoms with Crippen LogP contribution in [0.4, 0.5) is 5.69 Å². The lowest BCUT2D eigenvalue weighted by Crippen LogP contribution is -2.49. The first-order valence-electron chi connectivity index (χ1n) is 8.77. The van der Waals surface area contributed by atoms with E-state index in [-0.39, 0.29) is 30.7 Å². The highest BCUT2D eigenvalue weighted by Crippen LogP contribution is 2.30. The standard InChI is InChI=1S/C20H24ClN3O2.2ClH/c1-26-19-14-18(22)17(21)13-16(19)20(25)24-11-9-23(10-12-24)8-7-15-5-3-2-4-6-15;;/h2-6,13-14H,7-12,22H2,1H3;2*1H. The van der Waals surface area contributed by atoms with Gasteiger partial charge in [0.25, 0.3) is 5.91 Å². The summed E-state index contributed by atoms with van der Waals surface area (Å²) in [5, 5.41) is 0.371. The molecule has 2 aromatic carbocycles. The van der Waals surface area contributed by atoms with E-state index < -0.39 is 0 Å². The van der Waals surface area contributed by atoms with Crippen molar-refractivity contribution >= 4 is 48.0 Å². The minimum Gasteiger partial charge on any atom is -0.496 e. The molecule has 1 aliphatic heterocycles. The molecule has 1 fully saturated rings. The van der Waals surface area contributed by atoms with Crippen molar-refractivity contribution in [2.75, 3.05) is 45.6 Å². The highest BCUT2D eigenvalue weighted by Gasteiger charge is 2.25. The fourth-order valence-electron chi connectivity index (χ4n) is 3.18. The molecule has 1 amide bonds. The topological polar surface area (TPSA) is 58.8 Å². The zero-order valence-corrected chi connectivity index (χ0v) is 18.2. The predicted octanol–water partition coefficient (Wildman–Crippen LogP) is 3.77. The fraction of sp³-hybridized carbons (Fsp3) is 0.350. The van der Waals surface area contributed by atoms with E-state index in [9.17, 15) is 4.79 Å². The van der Waals surface area contributed by atoms with Crippen LogP contribution in [0, 0.1) is 0 Å². The molecule has 0 saturated carbocycles. The fourth-order valence-corrected chi connectivity index (χ4v) is 3.35. The van der Waals surface area contributed by atoms with Crippen molar-refractivity contribution < 1.29 is 9.53 Å². The summed E-state index contributed by atoms with van der Waals surface area (Å²) in [6.45, 7) is 4.12. The molecule has 1 aliphatic rings. The van der Waals surface area contributed by atoms with Gasteiger partial charge in [0.05, 0.1) is 23.4 Å². The first kappa shape index (κ1) is 24.4. The molecule has 0 aromatic heterocycles. The van der Waals surface area contributed by atoms with Gasteiger partial charge in [-0.1, -0.05) is 41.9 Å². The Hall–Kier alpha value is -1.66. The Bertz CT molecular complexity index is 767. The zero-order chi connectivity index (χ0) is 18.5. The van der Waals surface area contributed by atoms with Gasteiger partial charge in [0, 0.05) is 38.8 Å². The van der Waals surface area contributed by atoms with Crippen LogP contribution in [0.1, 0.15) is 15.9 Å². The number of rotatable bonds is 5. The van der Waals surface area contributed by atoms with Gasteiger partial charge in [-0.15, -0.1) is 24.8 Å². The monoisotopic (exact) mass is 445 g/mol. The lowest BCUT2D eigenvalue weighted by atomic mass is 10.1. The Balaban J connectivity index is 0.00000196. The second kappa shape index (κ2) is 11.4. The summed E-state index contributed by atoms with van der Waals surface area (Å²) in [6.07, 6.45) is 1.02. The molecule has 154 valence electrons. The van der Waals surface area contributed by atoms with Crippen LogP contribution in [0.5, 0.6) is 5.75 Å². The van der Waals surface area contributed by atoms with E-state index in [1.54, 1.807) is 12.1 Å². The van der Waals surface area contributed by atoms with Crippen molar-refractivity contribution in [2.45, 2.75) is 6.42 Å². The number of piperazine rings is 1. The Labute approximate surface area is 183 Å². The number of benzene rings is 2. The normalized spacial score (nSPS) is 14.0. The molecule has 28 heavy (non-hydrogen) atoms. The second-order valence-electron chi connectivity index (χ2n) is 6.44. The molecule has 0 radical (unpaired) electrons. The number of anilines is 1. The largest absolute Gasteiger partial charge is 0.496 e. The van der Waals surface area contributed by atoms with Gasteiger partial charge in [-0.05, 0) is 18.1 Å². The third-order valence-corrected chi connectivity index (χ3v) is 5.10. The highest BCUT2D eigenvalue weighted by molar-refractivity contribution is 6.33. The highest BCUT2D eigenvalue weighted by atomic mass is 35.5. The Morgan fingerprint density at radius 3 is 2.36 bits per heavy atom. The minimum atomic E-state index is -0.0635. The quantitative estimate of drug-likeness (QED) is 0.710. The summed E-state index contributed by atoms with van der Waals surface area (Å²) in [5.74, 6) is 0.398. The molecular formula is C20H26Cl3N3O2. The maximum Gasteiger partial charge on any atom is 0.257 e. The molecule has 0 atom stereocenters. The van der Waals surface area contributed by atoms with Crippen LogP contribution in [0.3, 0.4) is 0 Å². The second-order valence-corrected chi connectivity index (χ2v) is 6.85. The van der Waals surface area contributed by atoms with Crippen LogP contribution in [0.15, 0.2) is 42.5 Å². The van der Waals surface area contributed by atoms with Crippen molar-refractivity contribution in [1.82, 2.24) is 9.80 Å². The Kier molecular flexibility index (Phi) is 9.90. The van der Waals surface area contributed by atoms with Crippen LogP contribution in [0.2, 0.25) is 5.02 Å². The molecule has 1 saturated heterocycles. The van der Waals surface area contributed by atoms with Gasteiger partial charge < -0.3 is 15.4 Å². The molecule has 5 nitrogen and oxygen atoms in total. The maximum atomic E-state index is 12.9. The van der Waals surface area contributed by atoms with Gasteiger partial charge in [0.2, 0.25) is 0 Å². The van der Waals surface area contributed by atoms with Crippen molar-refractivity contribution in [3.8, 4) is 5.75 Å².